The van der Waals surface area contributed by atoms with Crippen LogP contribution >= 0.6 is 0 Å². The summed E-state index contributed by atoms with van der Waals surface area (Å²) in [6, 6.07) is 1.40. The molecule has 0 saturated carbocycles. The summed E-state index contributed by atoms with van der Waals surface area (Å²) in [5.41, 5.74) is -0.116. The summed E-state index contributed by atoms with van der Waals surface area (Å²) in [5.74, 6) is -3.05. The Hall–Kier alpha value is -1.03. The smallest absolute Gasteiger partial charge is 0.164 e. The summed E-state index contributed by atoms with van der Waals surface area (Å²) in [6.45, 7) is -0.138. The van der Waals surface area contributed by atoms with Gasteiger partial charge in [-0.1, -0.05) is 0 Å². The fourth-order valence-electron chi connectivity index (χ4n) is 0.870. The van der Waals surface area contributed by atoms with Crippen LogP contribution in [0.5, 0.6) is 0 Å². The molecule has 0 aromatic heterocycles. The van der Waals surface area contributed by atoms with Crippen LogP contribution in [0.2, 0.25) is 0 Å². The van der Waals surface area contributed by atoms with Crippen molar-refractivity contribution in [2.75, 3.05) is 7.11 Å². The Kier molecular flexibility index (Phi) is 2.70. The Morgan fingerprint density at radius 3 is 2.50 bits per heavy atom. The van der Waals surface area contributed by atoms with Crippen LogP contribution in [0, 0.1) is 17.5 Å². The normalized spacial score (nSPS) is 10.3. The molecule has 0 radical (unpaired) electrons. The third-order valence-electron chi connectivity index (χ3n) is 1.37. The van der Waals surface area contributed by atoms with Crippen LogP contribution in [0.3, 0.4) is 0 Å². The Morgan fingerprint density at radius 1 is 1.25 bits per heavy atom. The second-order valence-corrected chi connectivity index (χ2v) is 2.29. The van der Waals surface area contributed by atoms with E-state index in [-0.39, 0.29) is 12.2 Å². The molecule has 0 amide bonds. The Labute approximate surface area is 67.8 Å². The number of ether oxygens (including phenoxy) is 1. The van der Waals surface area contributed by atoms with Gasteiger partial charge in [0.2, 0.25) is 0 Å². The standard InChI is InChI=1S/C8H7F3O/c1-12-4-5-2-6(9)3-7(10)8(5)11/h2-3H,4H2,1H3. The maximum atomic E-state index is 12.7. The monoisotopic (exact) mass is 176 g/mol. The molecule has 0 atom stereocenters. The molecule has 1 nitrogen and oxygen atoms in total. The van der Waals surface area contributed by atoms with Gasteiger partial charge in [-0.25, -0.2) is 13.2 Å². The number of halogens is 3. The largest absolute Gasteiger partial charge is 0.380 e. The van der Waals surface area contributed by atoms with Crippen LogP contribution in [-0.2, 0) is 11.3 Å². The second-order valence-electron chi connectivity index (χ2n) is 2.29. The summed E-state index contributed by atoms with van der Waals surface area (Å²) in [4.78, 5) is 0. The van der Waals surface area contributed by atoms with Crippen LogP contribution < -0.4 is 0 Å². The van der Waals surface area contributed by atoms with Gasteiger partial charge in [-0.15, -0.1) is 0 Å². The maximum absolute atomic E-state index is 12.7. The number of hydrogen-bond acceptors (Lipinski definition) is 1. The van der Waals surface area contributed by atoms with Crippen molar-refractivity contribution in [1.29, 1.82) is 0 Å². The predicted molar refractivity (Wildman–Crippen MR) is 37.0 cm³/mol. The minimum absolute atomic E-state index is 0.116. The first-order chi connectivity index (χ1) is 5.65. The highest BCUT2D eigenvalue weighted by atomic mass is 19.2. The topological polar surface area (TPSA) is 9.23 Å². The van der Waals surface area contributed by atoms with Crippen molar-refractivity contribution in [1.82, 2.24) is 0 Å². The third-order valence-corrected chi connectivity index (χ3v) is 1.37. The van der Waals surface area contributed by atoms with E-state index in [4.69, 9.17) is 0 Å². The van der Waals surface area contributed by atoms with E-state index in [1.807, 2.05) is 0 Å². The zero-order valence-electron chi connectivity index (χ0n) is 6.40. The first kappa shape index (κ1) is 9.06. The second kappa shape index (κ2) is 3.58. The number of hydrogen-bond donors (Lipinski definition) is 0. The van der Waals surface area contributed by atoms with Crippen LogP contribution in [0.4, 0.5) is 13.2 Å². The molecule has 0 heterocycles. The summed E-state index contributed by atoms with van der Waals surface area (Å²) in [7, 11) is 1.32. The molecule has 1 rings (SSSR count). The van der Waals surface area contributed by atoms with Crippen LogP contribution in [-0.4, -0.2) is 7.11 Å². The van der Waals surface area contributed by atoms with E-state index in [2.05, 4.69) is 4.74 Å². The van der Waals surface area contributed by atoms with Crippen LogP contribution in [0.1, 0.15) is 5.56 Å². The van der Waals surface area contributed by atoms with Gasteiger partial charge in [0.15, 0.2) is 11.6 Å². The highest BCUT2D eigenvalue weighted by molar-refractivity contribution is 5.19. The van der Waals surface area contributed by atoms with E-state index in [1.54, 1.807) is 0 Å². The molecule has 12 heavy (non-hydrogen) atoms. The minimum atomic E-state index is -1.19. The van der Waals surface area contributed by atoms with Gasteiger partial charge in [0.05, 0.1) is 6.61 Å². The predicted octanol–water partition coefficient (Wildman–Crippen LogP) is 2.25. The number of rotatable bonds is 2. The fraction of sp³-hybridized carbons (Fsp3) is 0.250. The molecule has 4 heteroatoms. The van der Waals surface area contributed by atoms with E-state index < -0.39 is 17.5 Å². The molecule has 0 unspecified atom stereocenters. The zero-order valence-corrected chi connectivity index (χ0v) is 6.40. The summed E-state index contributed by atoms with van der Waals surface area (Å²) >= 11 is 0. The van der Waals surface area contributed by atoms with Crippen molar-refractivity contribution < 1.29 is 17.9 Å². The SMILES string of the molecule is COCc1cc(F)cc(F)c1F. The lowest BCUT2D eigenvalue weighted by molar-refractivity contribution is 0.180. The average molecular weight is 176 g/mol. The van der Waals surface area contributed by atoms with Gasteiger partial charge in [-0.2, -0.15) is 0 Å². The Morgan fingerprint density at radius 2 is 1.92 bits per heavy atom. The van der Waals surface area contributed by atoms with E-state index in [9.17, 15) is 13.2 Å². The molecule has 1 aromatic rings. The lowest BCUT2D eigenvalue weighted by Gasteiger charge is -2.02. The highest BCUT2D eigenvalue weighted by Gasteiger charge is 2.09. The first-order valence-corrected chi connectivity index (χ1v) is 3.27. The van der Waals surface area contributed by atoms with Crippen molar-refractivity contribution in [2.45, 2.75) is 6.61 Å². The van der Waals surface area contributed by atoms with Gasteiger partial charge in [-0.3, -0.25) is 0 Å². The number of benzene rings is 1. The highest BCUT2D eigenvalue weighted by Crippen LogP contribution is 2.14. The average Bonchev–Trinajstić information content (AvgIpc) is 2.00. The quantitative estimate of drug-likeness (QED) is 0.628. The molecule has 0 bridgehead atoms. The van der Waals surface area contributed by atoms with Gasteiger partial charge in [-0.05, 0) is 6.07 Å². The lowest BCUT2D eigenvalue weighted by atomic mass is 10.2. The molecule has 0 aliphatic heterocycles. The van der Waals surface area contributed by atoms with Gasteiger partial charge in [0.25, 0.3) is 0 Å². The van der Waals surface area contributed by atoms with Crippen molar-refractivity contribution >= 4 is 0 Å². The summed E-state index contributed by atoms with van der Waals surface area (Å²) < 4.78 is 42.3. The number of methoxy groups -OCH3 is 1. The zero-order chi connectivity index (χ0) is 9.14. The molecule has 66 valence electrons. The molecule has 0 fully saturated rings. The van der Waals surface area contributed by atoms with Gasteiger partial charge >= 0.3 is 0 Å². The molecule has 0 N–H and O–H groups in total. The molecule has 0 spiro atoms. The van der Waals surface area contributed by atoms with Gasteiger partial charge < -0.3 is 4.74 Å². The van der Waals surface area contributed by atoms with Crippen molar-refractivity contribution in [2.24, 2.45) is 0 Å². The minimum Gasteiger partial charge on any atom is -0.380 e. The Balaban J connectivity index is 3.09. The van der Waals surface area contributed by atoms with Crippen LogP contribution in [0.15, 0.2) is 12.1 Å². The molecular formula is C8H7F3O. The van der Waals surface area contributed by atoms with Crippen LogP contribution in [0.25, 0.3) is 0 Å². The van der Waals surface area contributed by atoms with Crippen molar-refractivity contribution in [3.63, 3.8) is 0 Å². The molecule has 1 aromatic carbocycles. The van der Waals surface area contributed by atoms with Gasteiger partial charge in [0.1, 0.15) is 5.82 Å². The van der Waals surface area contributed by atoms with E-state index in [1.165, 1.54) is 7.11 Å². The summed E-state index contributed by atoms with van der Waals surface area (Å²) in [5, 5.41) is 0. The van der Waals surface area contributed by atoms with E-state index in [0.717, 1.165) is 6.07 Å². The molecule has 0 aliphatic carbocycles. The lowest BCUT2D eigenvalue weighted by Crippen LogP contribution is -1.97. The van der Waals surface area contributed by atoms with E-state index in [0.29, 0.717) is 6.07 Å². The molecular weight excluding hydrogens is 169 g/mol. The van der Waals surface area contributed by atoms with Crippen molar-refractivity contribution in [3.05, 3.63) is 35.1 Å². The van der Waals surface area contributed by atoms with E-state index >= 15 is 0 Å². The molecule has 0 aliphatic rings. The third kappa shape index (κ3) is 1.76. The first-order valence-electron chi connectivity index (χ1n) is 3.27. The van der Waals surface area contributed by atoms with Gasteiger partial charge in [0, 0.05) is 18.7 Å². The van der Waals surface area contributed by atoms with Crippen molar-refractivity contribution in [3.8, 4) is 0 Å². The Bertz CT molecular complexity index is 286. The summed E-state index contributed by atoms with van der Waals surface area (Å²) in [6.07, 6.45) is 0. The fourth-order valence-corrected chi connectivity index (χ4v) is 0.870. The molecule has 0 saturated heterocycles. The maximum Gasteiger partial charge on any atom is 0.164 e.